The van der Waals surface area contributed by atoms with Crippen LogP contribution < -0.4 is 0 Å². The van der Waals surface area contributed by atoms with E-state index in [-0.39, 0.29) is 18.0 Å². The number of carbonyl (C=O) groups excluding carboxylic acids is 1. The zero-order valence-electron chi connectivity index (χ0n) is 8.69. The minimum Gasteiger partial charge on any atom is -0.481 e. The lowest BCUT2D eigenvalue weighted by molar-refractivity contribution is -0.136. The van der Waals surface area contributed by atoms with Crippen molar-refractivity contribution in [3.05, 3.63) is 35.6 Å². The van der Waals surface area contributed by atoms with Gasteiger partial charge in [-0.05, 0) is 6.07 Å². The Morgan fingerprint density at radius 3 is 2.75 bits per heavy atom. The molecule has 4 nitrogen and oxygen atoms in total. The maximum atomic E-state index is 11.1. The summed E-state index contributed by atoms with van der Waals surface area (Å²) < 4.78 is 5.35. The van der Waals surface area contributed by atoms with Gasteiger partial charge in [0, 0.05) is 17.9 Å². The van der Waals surface area contributed by atoms with Crippen LogP contribution in [0.4, 0.5) is 0 Å². The number of hydrogen-bond donors (Lipinski definition) is 1. The monoisotopic (exact) mass is 218 g/mol. The Balaban J connectivity index is 2.58. The lowest BCUT2D eigenvalue weighted by atomic mass is 10.1. The normalized spacial score (nSPS) is 10.6. The fourth-order valence-corrected chi connectivity index (χ4v) is 1.60. The van der Waals surface area contributed by atoms with Crippen molar-refractivity contribution in [1.82, 2.24) is 0 Å². The van der Waals surface area contributed by atoms with E-state index < -0.39 is 5.97 Å². The molecule has 0 aliphatic heterocycles. The number of benzene rings is 1. The third-order valence-electron chi connectivity index (χ3n) is 2.31. The summed E-state index contributed by atoms with van der Waals surface area (Å²) in [5, 5.41) is 9.49. The van der Waals surface area contributed by atoms with Crippen LogP contribution in [-0.2, 0) is 11.2 Å². The van der Waals surface area contributed by atoms with Crippen LogP contribution in [0.2, 0.25) is 0 Å². The molecule has 0 aliphatic carbocycles. The number of carbonyl (C=O) groups is 2. The van der Waals surface area contributed by atoms with Crippen LogP contribution in [0.25, 0.3) is 11.0 Å². The lowest BCUT2D eigenvalue weighted by Gasteiger charge is -1.97. The molecule has 0 saturated carbocycles. The van der Waals surface area contributed by atoms with Crippen molar-refractivity contribution in [1.29, 1.82) is 0 Å². The van der Waals surface area contributed by atoms with Crippen molar-refractivity contribution in [3.63, 3.8) is 0 Å². The first-order chi connectivity index (χ1) is 7.58. The quantitative estimate of drug-likeness (QED) is 0.802. The molecule has 1 heterocycles. The molecule has 16 heavy (non-hydrogen) atoms. The third kappa shape index (κ3) is 1.82. The van der Waals surface area contributed by atoms with Crippen molar-refractivity contribution in [2.45, 2.75) is 13.3 Å². The summed E-state index contributed by atoms with van der Waals surface area (Å²) in [6.45, 7) is 1.41. The van der Waals surface area contributed by atoms with Crippen molar-refractivity contribution < 1.29 is 19.1 Å². The van der Waals surface area contributed by atoms with Gasteiger partial charge in [0.2, 0.25) is 0 Å². The highest BCUT2D eigenvalue weighted by atomic mass is 16.4. The smallest absolute Gasteiger partial charge is 0.307 e. The molecular weight excluding hydrogens is 208 g/mol. The summed E-state index contributed by atoms with van der Waals surface area (Å²) in [4.78, 5) is 21.8. The second kappa shape index (κ2) is 3.81. The van der Waals surface area contributed by atoms with Crippen molar-refractivity contribution in [2.24, 2.45) is 0 Å². The maximum Gasteiger partial charge on any atom is 0.307 e. The number of rotatable bonds is 3. The van der Waals surface area contributed by atoms with Gasteiger partial charge in [0.05, 0.1) is 6.42 Å². The Morgan fingerprint density at radius 2 is 2.12 bits per heavy atom. The molecule has 1 aromatic heterocycles. The molecular formula is C12H10O4. The summed E-state index contributed by atoms with van der Waals surface area (Å²) in [7, 11) is 0. The number of fused-ring (bicyclic) bond motifs is 1. The average molecular weight is 218 g/mol. The lowest BCUT2D eigenvalue weighted by Crippen LogP contribution is -1.99. The molecule has 0 bridgehead atoms. The van der Waals surface area contributed by atoms with Crippen LogP contribution in [0.15, 0.2) is 28.7 Å². The van der Waals surface area contributed by atoms with Gasteiger partial charge in [0.15, 0.2) is 11.5 Å². The van der Waals surface area contributed by atoms with Crippen LogP contribution in [0.3, 0.4) is 0 Å². The molecule has 0 spiro atoms. The SMILES string of the molecule is CC(=O)c1cc2cccc(CC(=O)O)c2o1. The molecule has 0 radical (unpaired) electrons. The molecule has 0 fully saturated rings. The predicted molar refractivity (Wildman–Crippen MR) is 57.6 cm³/mol. The molecule has 82 valence electrons. The number of hydrogen-bond acceptors (Lipinski definition) is 3. The number of carboxylic acids is 1. The van der Waals surface area contributed by atoms with Crippen LogP contribution in [0.5, 0.6) is 0 Å². The van der Waals surface area contributed by atoms with Gasteiger partial charge in [-0.1, -0.05) is 18.2 Å². The molecule has 2 aromatic rings. The molecule has 0 amide bonds. The first-order valence-electron chi connectivity index (χ1n) is 4.82. The second-order valence-electron chi connectivity index (χ2n) is 3.57. The molecule has 0 aliphatic rings. The van der Waals surface area contributed by atoms with Gasteiger partial charge in [0.1, 0.15) is 5.58 Å². The zero-order valence-corrected chi connectivity index (χ0v) is 8.69. The summed E-state index contributed by atoms with van der Waals surface area (Å²) in [6, 6.07) is 6.85. The van der Waals surface area contributed by atoms with Crippen LogP contribution in [0.1, 0.15) is 23.0 Å². The van der Waals surface area contributed by atoms with E-state index in [1.807, 2.05) is 0 Å². The van der Waals surface area contributed by atoms with E-state index in [0.717, 1.165) is 5.39 Å². The van der Waals surface area contributed by atoms with Gasteiger partial charge in [-0.3, -0.25) is 9.59 Å². The summed E-state index contributed by atoms with van der Waals surface area (Å²) in [5.41, 5.74) is 1.06. The number of aliphatic carboxylic acids is 1. The average Bonchev–Trinajstić information content (AvgIpc) is 2.61. The number of furan rings is 1. The summed E-state index contributed by atoms with van der Waals surface area (Å²) >= 11 is 0. The molecule has 0 unspecified atom stereocenters. The van der Waals surface area contributed by atoms with Gasteiger partial charge in [0.25, 0.3) is 0 Å². The van der Waals surface area contributed by atoms with Crippen LogP contribution >= 0.6 is 0 Å². The van der Waals surface area contributed by atoms with Gasteiger partial charge < -0.3 is 9.52 Å². The van der Waals surface area contributed by atoms with Crippen molar-refractivity contribution in [3.8, 4) is 0 Å². The van der Waals surface area contributed by atoms with Gasteiger partial charge in [-0.2, -0.15) is 0 Å². The van der Waals surface area contributed by atoms with E-state index in [2.05, 4.69) is 0 Å². The highest BCUT2D eigenvalue weighted by molar-refractivity contribution is 5.97. The highest BCUT2D eigenvalue weighted by Crippen LogP contribution is 2.23. The Kier molecular flexibility index (Phi) is 2.48. The van der Waals surface area contributed by atoms with Crippen molar-refractivity contribution >= 4 is 22.7 Å². The van der Waals surface area contributed by atoms with E-state index >= 15 is 0 Å². The highest BCUT2D eigenvalue weighted by Gasteiger charge is 2.12. The van der Waals surface area contributed by atoms with E-state index in [9.17, 15) is 9.59 Å². The first-order valence-corrected chi connectivity index (χ1v) is 4.82. The fraction of sp³-hybridized carbons (Fsp3) is 0.167. The topological polar surface area (TPSA) is 67.5 Å². The van der Waals surface area contributed by atoms with Crippen LogP contribution in [-0.4, -0.2) is 16.9 Å². The molecule has 4 heteroatoms. The van der Waals surface area contributed by atoms with E-state index in [0.29, 0.717) is 11.1 Å². The van der Waals surface area contributed by atoms with Crippen LogP contribution in [0, 0.1) is 0 Å². The predicted octanol–water partition coefficient (Wildman–Crippen LogP) is 2.26. The number of para-hydroxylation sites is 1. The minimum atomic E-state index is -0.923. The Bertz CT molecular complexity index is 565. The molecule has 1 N–H and O–H groups in total. The van der Waals surface area contributed by atoms with E-state index in [4.69, 9.17) is 9.52 Å². The Labute approximate surface area is 91.5 Å². The molecule has 1 aromatic carbocycles. The first kappa shape index (κ1) is 10.4. The zero-order chi connectivity index (χ0) is 11.7. The third-order valence-corrected chi connectivity index (χ3v) is 2.31. The van der Waals surface area contributed by atoms with Gasteiger partial charge in [-0.25, -0.2) is 0 Å². The summed E-state index contributed by atoms with van der Waals surface area (Å²) in [6.07, 6.45) is -0.109. The fourth-order valence-electron chi connectivity index (χ4n) is 1.60. The van der Waals surface area contributed by atoms with E-state index in [1.54, 1.807) is 24.3 Å². The van der Waals surface area contributed by atoms with Gasteiger partial charge in [-0.15, -0.1) is 0 Å². The van der Waals surface area contributed by atoms with E-state index in [1.165, 1.54) is 6.92 Å². The molecule has 0 saturated heterocycles. The molecule has 2 rings (SSSR count). The van der Waals surface area contributed by atoms with Crippen molar-refractivity contribution in [2.75, 3.05) is 0 Å². The molecule has 0 atom stereocenters. The minimum absolute atomic E-state index is 0.109. The Hall–Kier alpha value is -2.10. The Morgan fingerprint density at radius 1 is 1.38 bits per heavy atom. The van der Waals surface area contributed by atoms with Gasteiger partial charge >= 0.3 is 5.97 Å². The maximum absolute atomic E-state index is 11.1. The second-order valence-corrected chi connectivity index (χ2v) is 3.57. The summed E-state index contributed by atoms with van der Waals surface area (Å²) in [5.74, 6) is -0.835. The largest absolute Gasteiger partial charge is 0.481 e. The number of carboxylic acid groups (broad SMARTS) is 1. The number of Topliss-reactive ketones (excluding diaryl/α,β-unsaturated/α-hetero) is 1. The standard InChI is InChI=1S/C12H10O4/c1-7(13)10-5-8-3-2-4-9(6-11(14)15)12(8)16-10/h2-5H,6H2,1H3,(H,14,15). The number of ketones is 1.